The van der Waals surface area contributed by atoms with E-state index in [-0.39, 0.29) is 18.1 Å². The number of carboxylic acids is 1. The van der Waals surface area contributed by atoms with Crippen LogP contribution < -0.4 is 4.74 Å². The molecule has 1 N–H and O–H groups in total. The van der Waals surface area contributed by atoms with Gasteiger partial charge in [0, 0.05) is 6.20 Å². The van der Waals surface area contributed by atoms with Gasteiger partial charge in [-0.2, -0.15) is 0 Å². The first-order valence-electron chi connectivity index (χ1n) is 5.32. The number of aromatic nitrogens is 1. The van der Waals surface area contributed by atoms with Gasteiger partial charge in [0.05, 0.1) is 4.47 Å². The van der Waals surface area contributed by atoms with Gasteiger partial charge in [0.2, 0.25) is 0 Å². The molecule has 0 saturated heterocycles. The van der Waals surface area contributed by atoms with Crippen molar-refractivity contribution in [1.82, 2.24) is 4.98 Å². The van der Waals surface area contributed by atoms with Crippen molar-refractivity contribution in [2.24, 2.45) is 0 Å². The van der Waals surface area contributed by atoms with E-state index in [1.54, 1.807) is 6.07 Å². The first-order chi connectivity index (χ1) is 9.06. The minimum Gasteiger partial charge on any atom is -0.488 e. The van der Waals surface area contributed by atoms with Gasteiger partial charge < -0.3 is 9.84 Å². The van der Waals surface area contributed by atoms with Gasteiger partial charge in [0.15, 0.2) is 0 Å². The maximum absolute atomic E-state index is 12.9. The highest BCUT2D eigenvalue weighted by Crippen LogP contribution is 2.26. The molecular formula is C13H9BrFNO3. The average molecular weight is 326 g/mol. The Kier molecular flexibility index (Phi) is 4.11. The highest BCUT2D eigenvalue weighted by Gasteiger charge is 2.07. The van der Waals surface area contributed by atoms with Crippen LogP contribution in [0, 0.1) is 5.82 Å². The van der Waals surface area contributed by atoms with Gasteiger partial charge in [0.1, 0.15) is 23.9 Å². The lowest BCUT2D eigenvalue weighted by atomic mass is 10.2. The number of ether oxygens (including phenoxy) is 1. The SMILES string of the molecule is O=C(O)c1cc(COc2ccc(F)cc2Br)ccn1. The van der Waals surface area contributed by atoms with E-state index in [4.69, 9.17) is 9.84 Å². The topological polar surface area (TPSA) is 59.4 Å². The molecule has 0 aliphatic rings. The molecule has 0 aliphatic carbocycles. The molecule has 4 nitrogen and oxygen atoms in total. The smallest absolute Gasteiger partial charge is 0.354 e. The van der Waals surface area contributed by atoms with Crippen molar-refractivity contribution >= 4 is 21.9 Å². The van der Waals surface area contributed by atoms with Crippen LogP contribution in [-0.2, 0) is 6.61 Å². The van der Waals surface area contributed by atoms with E-state index in [1.807, 2.05) is 0 Å². The van der Waals surface area contributed by atoms with E-state index in [0.29, 0.717) is 15.8 Å². The maximum Gasteiger partial charge on any atom is 0.354 e. The van der Waals surface area contributed by atoms with E-state index in [2.05, 4.69) is 20.9 Å². The molecule has 0 spiro atoms. The van der Waals surface area contributed by atoms with Crippen LogP contribution >= 0.6 is 15.9 Å². The lowest BCUT2D eigenvalue weighted by molar-refractivity contribution is 0.0690. The van der Waals surface area contributed by atoms with Crippen molar-refractivity contribution in [1.29, 1.82) is 0 Å². The second-order valence-corrected chi connectivity index (χ2v) is 4.57. The first-order valence-corrected chi connectivity index (χ1v) is 6.11. The lowest BCUT2D eigenvalue weighted by Crippen LogP contribution is -2.03. The minimum atomic E-state index is -1.09. The van der Waals surface area contributed by atoms with E-state index in [0.717, 1.165) is 0 Å². The Bertz CT molecular complexity index is 619. The highest BCUT2D eigenvalue weighted by molar-refractivity contribution is 9.10. The van der Waals surface area contributed by atoms with Gasteiger partial charge in [0.25, 0.3) is 0 Å². The maximum atomic E-state index is 12.9. The van der Waals surface area contributed by atoms with E-state index < -0.39 is 5.97 Å². The van der Waals surface area contributed by atoms with Crippen molar-refractivity contribution in [2.45, 2.75) is 6.61 Å². The summed E-state index contributed by atoms with van der Waals surface area (Å²) >= 11 is 3.19. The number of nitrogens with zero attached hydrogens (tertiary/aromatic N) is 1. The van der Waals surface area contributed by atoms with Crippen LogP contribution in [0.1, 0.15) is 16.1 Å². The van der Waals surface area contributed by atoms with Crippen LogP contribution in [0.2, 0.25) is 0 Å². The molecule has 1 heterocycles. The fraction of sp³-hybridized carbons (Fsp3) is 0.0769. The lowest BCUT2D eigenvalue weighted by Gasteiger charge is -2.08. The highest BCUT2D eigenvalue weighted by atomic mass is 79.9. The Hall–Kier alpha value is -1.95. The van der Waals surface area contributed by atoms with Gasteiger partial charge in [-0.05, 0) is 51.8 Å². The zero-order chi connectivity index (χ0) is 13.8. The van der Waals surface area contributed by atoms with Crippen molar-refractivity contribution in [2.75, 3.05) is 0 Å². The van der Waals surface area contributed by atoms with Crippen LogP contribution in [0.4, 0.5) is 4.39 Å². The average Bonchev–Trinajstić information content (AvgIpc) is 2.38. The summed E-state index contributed by atoms with van der Waals surface area (Å²) in [5, 5.41) is 8.82. The molecule has 1 aromatic heterocycles. The molecule has 19 heavy (non-hydrogen) atoms. The molecule has 0 bridgehead atoms. The third-order valence-electron chi connectivity index (χ3n) is 2.33. The molecule has 0 saturated carbocycles. The predicted octanol–water partition coefficient (Wildman–Crippen LogP) is 3.26. The molecular weight excluding hydrogens is 317 g/mol. The largest absolute Gasteiger partial charge is 0.488 e. The monoisotopic (exact) mass is 325 g/mol. The standard InChI is InChI=1S/C13H9BrFNO3/c14-10-6-9(15)1-2-12(10)19-7-8-3-4-16-11(5-8)13(17)18/h1-6H,7H2,(H,17,18). The number of aromatic carboxylic acids is 1. The quantitative estimate of drug-likeness (QED) is 0.937. The van der Waals surface area contributed by atoms with Crippen molar-refractivity contribution in [3.05, 3.63) is 58.1 Å². The van der Waals surface area contributed by atoms with E-state index >= 15 is 0 Å². The summed E-state index contributed by atoms with van der Waals surface area (Å²) in [4.78, 5) is 14.5. The fourth-order valence-corrected chi connectivity index (χ4v) is 1.90. The van der Waals surface area contributed by atoms with Gasteiger partial charge >= 0.3 is 5.97 Å². The molecule has 1 aromatic carbocycles. The number of hydrogen-bond acceptors (Lipinski definition) is 3. The summed E-state index contributed by atoms with van der Waals surface area (Å²) in [5.74, 6) is -0.976. The van der Waals surface area contributed by atoms with Crippen LogP contribution in [0.25, 0.3) is 0 Å². The molecule has 0 fully saturated rings. The molecule has 98 valence electrons. The summed E-state index contributed by atoms with van der Waals surface area (Å²) < 4.78 is 18.9. The summed E-state index contributed by atoms with van der Waals surface area (Å²) in [6.07, 6.45) is 1.40. The third-order valence-corrected chi connectivity index (χ3v) is 2.95. The van der Waals surface area contributed by atoms with Crippen molar-refractivity contribution in [3.8, 4) is 5.75 Å². The minimum absolute atomic E-state index is 0.0423. The number of hydrogen-bond donors (Lipinski definition) is 1. The summed E-state index contributed by atoms with van der Waals surface area (Å²) in [6, 6.07) is 7.17. The Morgan fingerprint density at radius 2 is 2.16 bits per heavy atom. The van der Waals surface area contributed by atoms with Crippen LogP contribution in [0.5, 0.6) is 5.75 Å². The summed E-state index contributed by atoms with van der Waals surface area (Å²) in [5.41, 5.74) is 0.628. The molecule has 6 heteroatoms. The molecule has 2 rings (SSSR count). The predicted molar refractivity (Wildman–Crippen MR) is 69.6 cm³/mol. The fourth-order valence-electron chi connectivity index (χ4n) is 1.43. The third kappa shape index (κ3) is 3.51. The molecule has 0 radical (unpaired) electrons. The van der Waals surface area contributed by atoms with Crippen LogP contribution in [0.3, 0.4) is 0 Å². The van der Waals surface area contributed by atoms with Crippen LogP contribution in [0.15, 0.2) is 41.0 Å². The molecule has 0 amide bonds. The van der Waals surface area contributed by atoms with Gasteiger partial charge in [-0.1, -0.05) is 0 Å². The van der Waals surface area contributed by atoms with Crippen LogP contribution in [-0.4, -0.2) is 16.1 Å². The first kappa shape index (κ1) is 13.5. The molecule has 0 aliphatic heterocycles. The number of carboxylic acid groups (broad SMARTS) is 1. The molecule has 0 atom stereocenters. The Morgan fingerprint density at radius 3 is 2.84 bits per heavy atom. The molecule has 0 unspecified atom stereocenters. The Morgan fingerprint density at radius 1 is 1.37 bits per heavy atom. The molecule has 2 aromatic rings. The normalized spacial score (nSPS) is 10.2. The summed E-state index contributed by atoms with van der Waals surface area (Å²) in [6.45, 7) is 0.174. The Balaban J connectivity index is 2.10. The van der Waals surface area contributed by atoms with Gasteiger partial charge in [-0.15, -0.1) is 0 Å². The van der Waals surface area contributed by atoms with E-state index in [9.17, 15) is 9.18 Å². The van der Waals surface area contributed by atoms with Gasteiger partial charge in [-0.25, -0.2) is 14.2 Å². The number of pyridine rings is 1. The number of rotatable bonds is 4. The van der Waals surface area contributed by atoms with Crippen molar-refractivity contribution in [3.63, 3.8) is 0 Å². The zero-order valence-corrected chi connectivity index (χ0v) is 11.2. The second kappa shape index (κ2) is 5.79. The van der Waals surface area contributed by atoms with Gasteiger partial charge in [-0.3, -0.25) is 0 Å². The Labute approximate surface area is 117 Å². The van der Waals surface area contributed by atoms with Crippen molar-refractivity contribution < 1.29 is 19.0 Å². The number of benzene rings is 1. The van der Waals surface area contributed by atoms with E-state index in [1.165, 1.54) is 30.5 Å². The summed E-state index contributed by atoms with van der Waals surface area (Å²) in [7, 11) is 0. The second-order valence-electron chi connectivity index (χ2n) is 3.72. The number of halogens is 2. The number of carbonyl (C=O) groups is 1. The zero-order valence-electron chi connectivity index (χ0n) is 9.64.